The highest BCUT2D eigenvalue weighted by Gasteiger charge is 2.26. The quantitative estimate of drug-likeness (QED) is 0.868. The van der Waals surface area contributed by atoms with Gasteiger partial charge in [-0.2, -0.15) is 0 Å². The van der Waals surface area contributed by atoms with Crippen LogP contribution in [0, 0.1) is 5.41 Å². The molecule has 0 aliphatic carbocycles. The maximum atomic E-state index is 11.8. The van der Waals surface area contributed by atoms with E-state index in [0.717, 1.165) is 11.3 Å². The first-order chi connectivity index (χ1) is 9.14. The van der Waals surface area contributed by atoms with Gasteiger partial charge in [0.2, 0.25) is 5.91 Å². The number of hydrogen-bond donors (Lipinski definition) is 2. The first-order valence-electron chi connectivity index (χ1n) is 6.78. The third-order valence-corrected chi connectivity index (χ3v) is 3.05. The molecule has 0 fully saturated rings. The number of carbonyl (C=O) groups is 1. The number of amides is 1. The van der Waals surface area contributed by atoms with E-state index in [9.17, 15) is 9.90 Å². The molecule has 0 saturated heterocycles. The zero-order valence-corrected chi connectivity index (χ0v) is 13.0. The minimum Gasteiger partial charge on any atom is -0.497 e. The third kappa shape index (κ3) is 5.21. The van der Waals surface area contributed by atoms with Crippen molar-refractivity contribution >= 4 is 5.91 Å². The highest BCUT2D eigenvalue weighted by molar-refractivity contribution is 5.81. The largest absolute Gasteiger partial charge is 0.497 e. The van der Waals surface area contributed by atoms with Gasteiger partial charge in [-0.25, -0.2) is 0 Å². The van der Waals surface area contributed by atoms with Gasteiger partial charge in [0.15, 0.2) is 0 Å². The molecule has 0 aliphatic heterocycles. The lowest BCUT2D eigenvalue weighted by Crippen LogP contribution is -2.45. The zero-order valence-electron chi connectivity index (χ0n) is 13.0. The van der Waals surface area contributed by atoms with E-state index < -0.39 is 11.0 Å². The van der Waals surface area contributed by atoms with Crippen molar-refractivity contribution in [3.8, 4) is 5.75 Å². The van der Waals surface area contributed by atoms with E-state index in [-0.39, 0.29) is 12.5 Å². The third-order valence-electron chi connectivity index (χ3n) is 3.05. The van der Waals surface area contributed by atoms with Gasteiger partial charge in [-0.05, 0) is 24.6 Å². The molecule has 1 atom stereocenters. The average Bonchev–Trinajstić information content (AvgIpc) is 2.35. The number of ether oxygens (including phenoxy) is 1. The van der Waals surface area contributed by atoms with Gasteiger partial charge in [0.25, 0.3) is 0 Å². The lowest BCUT2D eigenvalue weighted by molar-refractivity contribution is -0.129. The van der Waals surface area contributed by atoms with Crippen molar-refractivity contribution in [2.24, 2.45) is 5.41 Å². The van der Waals surface area contributed by atoms with E-state index in [4.69, 9.17) is 4.74 Å². The van der Waals surface area contributed by atoms with Gasteiger partial charge in [-0.15, -0.1) is 0 Å². The Balaban J connectivity index is 2.58. The number of nitrogens with one attached hydrogen (secondary N) is 1. The number of methoxy groups -OCH3 is 1. The number of carbonyl (C=O) groups excluding carboxylic acids is 1. The molecule has 4 nitrogen and oxygen atoms in total. The predicted molar refractivity (Wildman–Crippen MR) is 79.8 cm³/mol. The summed E-state index contributed by atoms with van der Waals surface area (Å²) in [7, 11) is 1.62. The van der Waals surface area contributed by atoms with Crippen LogP contribution in [-0.4, -0.2) is 30.3 Å². The van der Waals surface area contributed by atoms with Crippen LogP contribution in [0.15, 0.2) is 24.3 Å². The summed E-state index contributed by atoms with van der Waals surface area (Å²) in [6.45, 7) is 7.50. The lowest BCUT2D eigenvalue weighted by Gasteiger charge is -2.26. The van der Waals surface area contributed by atoms with Crippen molar-refractivity contribution < 1.29 is 14.6 Å². The summed E-state index contributed by atoms with van der Waals surface area (Å²) in [6, 6.07) is 7.55. The Hall–Kier alpha value is -1.55. The summed E-state index contributed by atoms with van der Waals surface area (Å²) in [5.41, 5.74) is -0.424. The van der Waals surface area contributed by atoms with Crippen LogP contribution in [0.25, 0.3) is 0 Å². The smallest absolute Gasteiger partial charge is 0.225 e. The molecular weight excluding hydrogens is 254 g/mol. The average molecular weight is 279 g/mol. The molecular formula is C16H25NO3. The van der Waals surface area contributed by atoms with Gasteiger partial charge in [-0.1, -0.05) is 32.9 Å². The molecule has 112 valence electrons. The highest BCUT2D eigenvalue weighted by Crippen LogP contribution is 2.18. The summed E-state index contributed by atoms with van der Waals surface area (Å²) < 4.78 is 5.10. The van der Waals surface area contributed by atoms with Crippen molar-refractivity contribution in [2.45, 2.75) is 39.7 Å². The van der Waals surface area contributed by atoms with Crippen molar-refractivity contribution in [2.75, 3.05) is 13.7 Å². The molecule has 1 rings (SSSR count). The fourth-order valence-corrected chi connectivity index (χ4v) is 1.78. The molecule has 0 saturated carbocycles. The van der Waals surface area contributed by atoms with Crippen LogP contribution < -0.4 is 10.1 Å². The van der Waals surface area contributed by atoms with Gasteiger partial charge in [0.1, 0.15) is 5.75 Å². The molecule has 1 aromatic carbocycles. The Labute approximate surface area is 121 Å². The summed E-state index contributed by atoms with van der Waals surface area (Å²) in [6.07, 6.45) is 0.474. The van der Waals surface area contributed by atoms with Crippen LogP contribution in [-0.2, 0) is 11.2 Å². The van der Waals surface area contributed by atoms with Crippen LogP contribution in [0.4, 0.5) is 0 Å². The Kier molecular flexibility index (Phi) is 5.17. The molecule has 0 heterocycles. The summed E-state index contributed by atoms with van der Waals surface area (Å²) in [4.78, 5) is 11.8. The lowest BCUT2D eigenvalue weighted by atomic mass is 9.93. The molecule has 2 N–H and O–H groups in total. The highest BCUT2D eigenvalue weighted by atomic mass is 16.5. The van der Waals surface area contributed by atoms with E-state index in [2.05, 4.69) is 5.32 Å². The summed E-state index contributed by atoms with van der Waals surface area (Å²) in [5, 5.41) is 13.2. The monoisotopic (exact) mass is 279 g/mol. The Morgan fingerprint density at radius 2 is 1.75 bits per heavy atom. The molecule has 1 unspecified atom stereocenters. The SMILES string of the molecule is COc1ccc(CC(C)(O)CNC(=O)C(C)(C)C)cc1. The standard InChI is InChI=1S/C16H25NO3/c1-15(2,3)14(18)17-11-16(4,19)10-12-6-8-13(20-5)9-7-12/h6-9,19H,10-11H2,1-5H3,(H,17,18). The minimum atomic E-state index is -0.977. The number of benzene rings is 1. The Morgan fingerprint density at radius 3 is 2.20 bits per heavy atom. The van der Waals surface area contributed by atoms with E-state index in [0.29, 0.717) is 6.42 Å². The van der Waals surface area contributed by atoms with E-state index in [1.807, 2.05) is 45.0 Å². The fraction of sp³-hybridized carbons (Fsp3) is 0.562. The predicted octanol–water partition coefficient (Wildman–Crippen LogP) is 2.15. The molecule has 4 heteroatoms. The molecule has 0 aromatic heterocycles. The number of rotatable bonds is 5. The second-order valence-electron chi connectivity index (χ2n) is 6.45. The van der Waals surface area contributed by atoms with E-state index in [1.165, 1.54) is 0 Å². The molecule has 0 spiro atoms. The molecule has 0 radical (unpaired) electrons. The van der Waals surface area contributed by atoms with Crippen molar-refractivity contribution in [3.63, 3.8) is 0 Å². The number of aliphatic hydroxyl groups is 1. The topological polar surface area (TPSA) is 58.6 Å². The van der Waals surface area contributed by atoms with Crippen molar-refractivity contribution in [1.82, 2.24) is 5.32 Å². The second kappa shape index (κ2) is 6.27. The van der Waals surface area contributed by atoms with Gasteiger partial charge >= 0.3 is 0 Å². The summed E-state index contributed by atoms with van der Waals surface area (Å²) in [5.74, 6) is 0.724. The zero-order chi connectivity index (χ0) is 15.4. The van der Waals surface area contributed by atoms with Crippen LogP contribution >= 0.6 is 0 Å². The van der Waals surface area contributed by atoms with Gasteiger partial charge in [0.05, 0.1) is 12.7 Å². The minimum absolute atomic E-state index is 0.0625. The summed E-state index contributed by atoms with van der Waals surface area (Å²) >= 11 is 0. The van der Waals surface area contributed by atoms with Gasteiger partial charge in [-0.3, -0.25) is 4.79 Å². The molecule has 0 aliphatic rings. The van der Waals surface area contributed by atoms with Crippen LogP contribution in [0.1, 0.15) is 33.3 Å². The Morgan fingerprint density at radius 1 is 1.20 bits per heavy atom. The normalized spacial score (nSPS) is 14.5. The van der Waals surface area contributed by atoms with Gasteiger partial charge < -0.3 is 15.2 Å². The molecule has 20 heavy (non-hydrogen) atoms. The maximum Gasteiger partial charge on any atom is 0.225 e. The van der Waals surface area contributed by atoms with E-state index >= 15 is 0 Å². The number of hydrogen-bond acceptors (Lipinski definition) is 3. The fourth-order valence-electron chi connectivity index (χ4n) is 1.78. The van der Waals surface area contributed by atoms with Crippen molar-refractivity contribution in [1.29, 1.82) is 0 Å². The second-order valence-corrected chi connectivity index (χ2v) is 6.45. The first-order valence-corrected chi connectivity index (χ1v) is 6.78. The van der Waals surface area contributed by atoms with E-state index in [1.54, 1.807) is 14.0 Å². The molecule has 1 aromatic rings. The van der Waals surface area contributed by atoms with Crippen LogP contribution in [0.5, 0.6) is 5.75 Å². The van der Waals surface area contributed by atoms with Crippen molar-refractivity contribution in [3.05, 3.63) is 29.8 Å². The Bertz CT molecular complexity index is 444. The maximum absolute atomic E-state index is 11.8. The van der Waals surface area contributed by atoms with Crippen LogP contribution in [0.2, 0.25) is 0 Å². The van der Waals surface area contributed by atoms with Gasteiger partial charge in [0, 0.05) is 18.4 Å². The molecule has 1 amide bonds. The molecule has 0 bridgehead atoms. The first kappa shape index (κ1) is 16.5. The van der Waals surface area contributed by atoms with Crippen LogP contribution in [0.3, 0.4) is 0 Å².